The number of ketones is 2. The van der Waals surface area contributed by atoms with E-state index in [1.807, 2.05) is 0 Å². The Morgan fingerprint density at radius 3 is 1.27 bits per heavy atom. The highest BCUT2D eigenvalue weighted by Gasteiger charge is 2.39. The SMILES string of the molecule is Nc1cc(O)c(O)c2c1C(=O)c1c(O)c(O)cc(N)c1C2=O. The van der Waals surface area contributed by atoms with E-state index in [0.717, 1.165) is 12.1 Å². The van der Waals surface area contributed by atoms with Gasteiger partial charge >= 0.3 is 0 Å². The molecule has 0 bridgehead atoms. The Kier molecular flexibility index (Phi) is 2.49. The summed E-state index contributed by atoms with van der Waals surface area (Å²) in [5.41, 5.74) is 9.02. The van der Waals surface area contributed by atoms with Crippen molar-refractivity contribution in [2.75, 3.05) is 11.5 Å². The molecule has 0 radical (unpaired) electrons. The van der Waals surface area contributed by atoms with Crippen LogP contribution < -0.4 is 11.5 Å². The molecular weight excluding hydrogens is 292 g/mol. The van der Waals surface area contributed by atoms with E-state index in [0.29, 0.717) is 0 Å². The Hall–Kier alpha value is -3.42. The van der Waals surface area contributed by atoms with Crippen LogP contribution in [0, 0.1) is 0 Å². The van der Waals surface area contributed by atoms with E-state index in [1.165, 1.54) is 0 Å². The van der Waals surface area contributed by atoms with Crippen LogP contribution in [0.2, 0.25) is 0 Å². The summed E-state index contributed by atoms with van der Waals surface area (Å²) in [5, 5.41) is 38.9. The second-order valence-electron chi connectivity index (χ2n) is 4.83. The van der Waals surface area contributed by atoms with Crippen LogP contribution in [0.4, 0.5) is 11.4 Å². The fraction of sp³-hybridized carbons (Fsp3) is 0. The number of nitrogen functional groups attached to an aromatic ring is 2. The molecule has 0 fully saturated rings. The summed E-state index contributed by atoms with van der Waals surface area (Å²) < 4.78 is 0. The lowest BCUT2D eigenvalue weighted by atomic mass is 9.81. The summed E-state index contributed by atoms with van der Waals surface area (Å²) in [6.45, 7) is 0. The van der Waals surface area contributed by atoms with E-state index in [2.05, 4.69) is 0 Å². The van der Waals surface area contributed by atoms with Crippen molar-refractivity contribution in [2.45, 2.75) is 0 Å². The molecule has 8 N–H and O–H groups in total. The van der Waals surface area contributed by atoms with E-state index in [4.69, 9.17) is 11.5 Å². The van der Waals surface area contributed by atoms with Gasteiger partial charge in [-0.15, -0.1) is 0 Å². The van der Waals surface area contributed by atoms with Gasteiger partial charge in [-0.1, -0.05) is 0 Å². The molecule has 8 heteroatoms. The predicted molar refractivity (Wildman–Crippen MR) is 75.2 cm³/mol. The molecule has 2 aromatic carbocycles. The number of nitrogens with two attached hydrogens (primary N) is 2. The minimum absolute atomic E-state index is 0.254. The molecule has 3 rings (SSSR count). The summed E-state index contributed by atoms with van der Waals surface area (Å²) in [7, 11) is 0. The molecule has 1 aliphatic carbocycles. The summed E-state index contributed by atoms with van der Waals surface area (Å²) in [6, 6.07) is 1.82. The van der Waals surface area contributed by atoms with Gasteiger partial charge in [0.15, 0.2) is 23.0 Å². The molecule has 22 heavy (non-hydrogen) atoms. The molecule has 0 amide bonds. The fourth-order valence-electron chi connectivity index (χ4n) is 2.54. The number of anilines is 2. The van der Waals surface area contributed by atoms with Crippen molar-refractivity contribution in [1.82, 2.24) is 0 Å². The van der Waals surface area contributed by atoms with Crippen molar-refractivity contribution < 1.29 is 30.0 Å². The molecule has 0 unspecified atom stereocenters. The summed E-state index contributed by atoms with van der Waals surface area (Å²) in [6.07, 6.45) is 0. The van der Waals surface area contributed by atoms with E-state index in [1.54, 1.807) is 0 Å². The van der Waals surface area contributed by atoms with E-state index < -0.39 is 45.7 Å². The van der Waals surface area contributed by atoms with Crippen molar-refractivity contribution in [3.8, 4) is 23.0 Å². The van der Waals surface area contributed by atoms with Gasteiger partial charge in [0.1, 0.15) is 0 Å². The lowest BCUT2D eigenvalue weighted by molar-refractivity contribution is 0.0974. The van der Waals surface area contributed by atoms with Crippen molar-refractivity contribution >= 4 is 22.9 Å². The average Bonchev–Trinajstić information content (AvgIpc) is 2.44. The number of carbonyl (C=O) groups is 2. The van der Waals surface area contributed by atoms with Gasteiger partial charge in [-0.3, -0.25) is 9.59 Å². The molecule has 0 aliphatic heterocycles. The predicted octanol–water partition coefficient (Wildman–Crippen LogP) is 0.449. The van der Waals surface area contributed by atoms with Crippen LogP contribution in [0.5, 0.6) is 23.0 Å². The third kappa shape index (κ3) is 1.46. The first-order chi connectivity index (χ1) is 10.3. The van der Waals surface area contributed by atoms with E-state index in [-0.39, 0.29) is 22.5 Å². The standard InChI is InChI=1S/C14H10N2O6/c15-3-1-5(17)11(19)9-7(3)13(21)10-8(14(9)22)4(16)2-6(18)12(10)20/h1-2,17-20H,15-16H2. The zero-order valence-electron chi connectivity index (χ0n) is 10.9. The van der Waals surface area contributed by atoms with Crippen LogP contribution >= 0.6 is 0 Å². The number of phenolic OH excluding ortho intramolecular Hbond substituents is 4. The third-order valence-corrected chi connectivity index (χ3v) is 3.53. The summed E-state index contributed by atoms with van der Waals surface area (Å²) >= 11 is 0. The highest BCUT2D eigenvalue weighted by Crippen LogP contribution is 2.46. The maximum atomic E-state index is 12.5. The van der Waals surface area contributed by atoms with Crippen molar-refractivity contribution in [1.29, 1.82) is 0 Å². The van der Waals surface area contributed by atoms with Gasteiger partial charge in [-0.05, 0) is 0 Å². The zero-order valence-corrected chi connectivity index (χ0v) is 10.9. The van der Waals surface area contributed by atoms with Gasteiger partial charge in [0.05, 0.1) is 22.3 Å². The topological polar surface area (TPSA) is 167 Å². The van der Waals surface area contributed by atoms with Gasteiger partial charge in [-0.2, -0.15) is 0 Å². The Bertz CT molecular complexity index is 814. The molecule has 1 aliphatic rings. The Morgan fingerprint density at radius 2 is 0.955 bits per heavy atom. The van der Waals surface area contributed by atoms with Crippen molar-refractivity contribution in [3.05, 3.63) is 34.4 Å². The van der Waals surface area contributed by atoms with Crippen LogP contribution in [0.3, 0.4) is 0 Å². The lowest BCUT2D eigenvalue weighted by Crippen LogP contribution is -2.24. The first-order valence-corrected chi connectivity index (χ1v) is 6.03. The monoisotopic (exact) mass is 302 g/mol. The summed E-state index contributed by atoms with van der Waals surface area (Å²) in [5.74, 6) is -4.72. The van der Waals surface area contributed by atoms with E-state index >= 15 is 0 Å². The zero-order chi connectivity index (χ0) is 16.3. The van der Waals surface area contributed by atoms with Crippen LogP contribution in [-0.2, 0) is 0 Å². The number of carbonyl (C=O) groups excluding carboxylic acids is 2. The minimum Gasteiger partial charge on any atom is -0.504 e. The van der Waals surface area contributed by atoms with Crippen molar-refractivity contribution in [2.24, 2.45) is 0 Å². The number of rotatable bonds is 0. The van der Waals surface area contributed by atoms with Crippen LogP contribution in [-0.4, -0.2) is 32.0 Å². The number of phenols is 4. The normalized spacial score (nSPS) is 12.9. The first-order valence-electron chi connectivity index (χ1n) is 6.03. The minimum atomic E-state index is -0.891. The Balaban J connectivity index is 2.49. The summed E-state index contributed by atoms with van der Waals surface area (Å²) in [4.78, 5) is 25.0. The molecule has 8 nitrogen and oxygen atoms in total. The smallest absolute Gasteiger partial charge is 0.200 e. The van der Waals surface area contributed by atoms with Gasteiger partial charge in [0.25, 0.3) is 0 Å². The van der Waals surface area contributed by atoms with E-state index in [9.17, 15) is 30.0 Å². The number of hydrogen-bond donors (Lipinski definition) is 6. The van der Waals surface area contributed by atoms with Crippen LogP contribution in [0.1, 0.15) is 31.8 Å². The lowest BCUT2D eigenvalue weighted by Gasteiger charge is -2.22. The highest BCUT2D eigenvalue weighted by molar-refractivity contribution is 6.33. The molecular formula is C14H10N2O6. The number of hydrogen-bond acceptors (Lipinski definition) is 8. The number of aromatic hydroxyl groups is 4. The first kappa shape index (κ1) is 13.6. The quantitative estimate of drug-likeness (QED) is 0.198. The second kappa shape index (κ2) is 4.04. The molecule has 2 aromatic rings. The molecule has 0 heterocycles. The van der Waals surface area contributed by atoms with Crippen molar-refractivity contribution in [3.63, 3.8) is 0 Å². The number of fused-ring (bicyclic) bond motifs is 2. The number of benzene rings is 2. The fourth-order valence-corrected chi connectivity index (χ4v) is 2.54. The molecule has 0 saturated heterocycles. The largest absolute Gasteiger partial charge is 0.504 e. The highest BCUT2D eigenvalue weighted by atomic mass is 16.3. The van der Waals surface area contributed by atoms with Gasteiger partial charge in [-0.25, -0.2) is 0 Å². The second-order valence-corrected chi connectivity index (χ2v) is 4.83. The van der Waals surface area contributed by atoms with Gasteiger partial charge in [0.2, 0.25) is 11.6 Å². The molecule has 0 aromatic heterocycles. The Morgan fingerprint density at radius 1 is 0.636 bits per heavy atom. The maximum absolute atomic E-state index is 12.5. The van der Waals surface area contributed by atoms with Crippen LogP contribution in [0.25, 0.3) is 0 Å². The molecule has 0 saturated carbocycles. The Labute approximate surface area is 122 Å². The molecule has 0 spiro atoms. The van der Waals surface area contributed by atoms with Gasteiger partial charge in [0, 0.05) is 23.5 Å². The molecule has 0 atom stereocenters. The van der Waals surface area contributed by atoms with Crippen LogP contribution in [0.15, 0.2) is 12.1 Å². The molecule has 112 valence electrons. The maximum Gasteiger partial charge on any atom is 0.200 e. The average molecular weight is 302 g/mol. The third-order valence-electron chi connectivity index (χ3n) is 3.53. The van der Waals surface area contributed by atoms with Gasteiger partial charge < -0.3 is 31.9 Å².